The number of amides is 11. The van der Waals surface area contributed by atoms with Gasteiger partial charge in [-0.05, 0) is 85.8 Å². The molecule has 1 fully saturated rings. The topological polar surface area (TPSA) is 634 Å². The van der Waals surface area contributed by atoms with E-state index in [0.717, 1.165) is 4.90 Å². The van der Waals surface area contributed by atoms with Crippen molar-refractivity contribution in [2.45, 2.75) is 183 Å². The molecule has 590 valence electrons. The van der Waals surface area contributed by atoms with E-state index in [0.29, 0.717) is 22.0 Å². The van der Waals surface area contributed by atoms with Gasteiger partial charge in [0.05, 0.1) is 25.4 Å². The van der Waals surface area contributed by atoms with Crippen LogP contribution >= 0.6 is 0 Å². The standard InChI is InChI=1S/C70H89N13O26/c1-35(2)27-47(63(101)78-46(70(108)109)21-25-57(92)93)79-66(104)50(30-38-33-72-42-12-7-6-11-40(38)42)82-62(100)44(19-23-55(88)89)75-64(102)48(28-36-9-4-3-5-10-36)80-65(103)49(29-37-14-16-39(84)17-15-37)81-67(105)51(32-59(96)97)74-53(85)34-73-61(99)43(18-22-54(86)87)76-68(106)52-13-8-26-83(52)69(107)45(20-24-56(90)91)77-60(98)41(71)31-58(94)95/h3-7,9-12,14-17,33,35,41,43-52,72,84H,8,13,18-32,34,71H2,1-2H3,(H,73,99)(H,74,85)(H,75,102)(H,76,106)(H,77,98)(H,78,101)(H,79,104)(H,80,103)(H,81,105)(H,82,100)(H,86,87)(H,88,89)(H,90,91)(H,92,93)(H,94,95)(H,96,97)(H,108,109)/t41-,43-,44-,45-,46-,47-,48-,49-,50-,51-,52-/m0/s1. The summed E-state index contributed by atoms with van der Waals surface area (Å²) < 4.78 is 0. The molecule has 39 nitrogen and oxygen atoms in total. The Kier molecular flexibility index (Phi) is 34.0. The van der Waals surface area contributed by atoms with E-state index >= 15 is 0 Å². The Morgan fingerprint density at radius 1 is 0.459 bits per heavy atom. The van der Waals surface area contributed by atoms with Crippen molar-refractivity contribution in [2.24, 2.45) is 11.7 Å². The van der Waals surface area contributed by atoms with Crippen LogP contribution < -0.4 is 58.9 Å². The number of carboxylic acids is 7. The molecule has 109 heavy (non-hydrogen) atoms. The lowest BCUT2D eigenvalue weighted by Gasteiger charge is -2.30. The summed E-state index contributed by atoms with van der Waals surface area (Å²) in [7, 11) is 0. The highest BCUT2D eigenvalue weighted by molar-refractivity contribution is 6.00. The fraction of sp³-hybridized carbons (Fsp3) is 0.457. The first kappa shape index (κ1) is 87.1. The van der Waals surface area contributed by atoms with Crippen molar-refractivity contribution in [1.29, 1.82) is 0 Å². The summed E-state index contributed by atoms with van der Waals surface area (Å²) in [4.78, 5) is 242. The van der Waals surface area contributed by atoms with Gasteiger partial charge in [-0.1, -0.05) is 74.5 Å². The number of hydrogen-bond donors (Lipinski definition) is 20. The summed E-state index contributed by atoms with van der Waals surface area (Å²) in [6, 6.07) is 0.800. The van der Waals surface area contributed by atoms with Crippen LogP contribution in [-0.2, 0) is 106 Å². The first-order valence-corrected chi connectivity index (χ1v) is 34.4. The molecule has 1 saturated heterocycles. The van der Waals surface area contributed by atoms with Crippen LogP contribution in [-0.4, -0.2) is 237 Å². The summed E-state index contributed by atoms with van der Waals surface area (Å²) >= 11 is 0. The molecule has 11 amide bonds. The summed E-state index contributed by atoms with van der Waals surface area (Å²) in [6.07, 6.45) is -7.08. The van der Waals surface area contributed by atoms with Crippen molar-refractivity contribution in [3.63, 3.8) is 0 Å². The van der Waals surface area contributed by atoms with E-state index in [4.69, 9.17) is 10.8 Å². The predicted molar refractivity (Wildman–Crippen MR) is 376 cm³/mol. The van der Waals surface area contributed by atoms with Gasteiger partial charge in [0.15, 0.2) is 0 Å². The highest BCUT2D eigenvalue weighted by Crippen LogP contribution is 2.23. The van der Waals surface area contributed by atoms with Crippen LogP contribution in [0.4, 0.5) is 0 Å². The number of phenolic OH excluding ortho intramolecular Hbond substituents is 1. The Morgan fingerprint density at radius 2 is 0.899 bits per heavy atom. The molecule has 0 saturated carbocycles. The number of aromatic hydroxyl groups is 1. The number of aliphatic carboxylic acids is 7. The van der Waals surface area contributed by atoms with E-state index in [1.54, 1.807) is 68.4 Å². The largest absolute Gasteiger partial charge is 0.508 e. The smallest absolute Gasteiger partial charge is 0.326 e. The zero-order valence-corrected chi connectivity index (χ0v) is 59.2. The second-order valence-corrected chi connectivity index (χ2v) is 26.1. The van der Waals surface area contributed by atoms with Crippen molar-refractivity contribution in [3.8, 4) is 5.75 Å². The molecule has 0 bridgehead atoms. The van der Waals surface area contributed by atoms with Crippen LogP contribution in [0.1, 0.15) is 114 Å². The highest BCUT2D eigenvalue weighted by atomic mass is 16.4. The Labute approximate surface area is 621 Å². The van der Waals surface area contributed by atoms with Crippen molar-refractivity contribution in [1.82, 2.24) is 63.1 Å². The number of nitrogens with two attached hydrogens (primary N) is 1. The van der Waals surface area contributed by atoms with Gasteiger partial charge in [-0.25, -0.2) is 4.79 Å². The van der Waals surface area contributed by atoms with Gasteiger partial charge in [-0.15, -0.1) is 0 Å². The second kappa shape index (κ2) is 42.5. The minimum atomic E-state index is -2.10. The maximum atomic E-state index is 14.9. The van der Waals surface area contributed by atoms with Gasteiger partial charge in [0.1, 0.15) is 66.2 Å². The Hall–Kier alpha value is -12.6. The number of hydrogen-bond acceptors (Lipinski definition) is 20. The monoisotopic (exact) mass is 1530 g/mol. The third-order valence-electron chi connectivity index (χ3n) is 17.1. The number of aromatic nitrogens is 1. The van der Waals surface area contributed by atoms with Gasteiger partial charge in [-0.2, -0.15) is 0 Å². The minimum Gasteiger partial charge on any atom is -0.508 e. The van der Waals surface area contributed by atoms with Crippen LogP contribution in [0.5, 0.6) is 5.75 Å². The molecule has 0 aliphatic carbocycles. The lowest BCUT2D eigenvalue weighted by Crippen LogP contribution is -2.61. The van der Waals surface area contributed by atoms with Crippen molar-refractivity contribution in [2.75, 3.05) is 13.1 Å². The first-order chi connectivity index (χ1) is 51.5. The number of carboxylic acid groups (broad SMARTS) is 7. The molecule has 2 heterocycles. The number of rotatable bonds is 46. The average Bonchev–Trinajstić information content (AvgIpc) is 1.75. The van der Waals surface area contributed by atoms with Gasteiger partial charge in [-0.3, -0.25) is 81.5 Å². The quantitative estimate of drug-likeness (QED) is 0.0213. The predicted octanol–water partition coefficient (Wildman–Crippen LogP) is -2.76. The van der Waals surface area contributed by atoms with Gasteiger partial charge >= 0.3 is 41.8 Å². The molecule has 1 aliphatic rings. The molecule has 1 aliphatic heterocycles. The fourth-order valence-corrected chi connectivity index (χ4v) is 11.6. The second-order valence-electron chi connectivity index (χ2n) is 26.1. The summed E-state index contributed by atoms with van der Waals surface area (Å²) in [5, 5.41) is 101. The van der Waals surface area contributed by atoms with Gasteiger partial charge in [0.25, 0.3) is 0 Å². The number of H-pyrrole nitrogens is 1. The molecule has 4 aromatic rings. The zero-order valence-electron chi connectivity index (χ0n) is 59.2. The molecular formula is C70H89N13O26. The maximum absolute atomic E-state index is 14.9. The maximum Gasteiger partial charge on any atom is 0.326 e. The van der Waals surface area contributed by atoms with Crippen LogP contribution in [0.25, 0.3) is 10.9 Å². The number of phenols is 1. The van der Waals surface area contributed by atoms with Gasteiger partial charge in [0.2, 0.25) is 65.0 Å². The zero-order chi connectivity index (χ0) is 80.8. The number of carbonyl (C=O) groups is 18. The lowest BCUT2D eigenvalue weighted by atomic mass is 9.99. The van der Waals surface area contributed by atoms with Crippen LogP contribution in [0.3, 0.4) is 0 Å². The third-order valence-corrected chi connectivity index (χ3v) is 17.1. The van der Waals surface area contributed by atoms with E-state index in [9.17, 15) is 122 Å². The van der Waals surface area contributed by atoms with Crippen molar-refractivity contribution < 1.29 is 127 Å². The fourth-order valence-electron chi connectivity index (χ4n) is 11.6. The number of carbonyl (C=O) groups excluding carboxylic acids is 11. The summed E-state index contributed by atoms with van der Waals surface area (Å²) in [6.45, 7) is 2.11. The van der Waals surface area contributed by atoms with E-state index in [1.165, 1.54) is 30.5 Å². The third kappa shape index (κ3) is 29.4. The molecule has 1 aromatic heterocycles. The molecule has 5 rings (SSSR count). The van der Waals surface area contributed by atoms with E-state index in [-0.39, 0.29) is 49.5 Å². The molecule has 0 unspecified atom stereocenters. The highest BCUT2D eigenvalue weighted by Gasteiger charge is 2.41. The normalized spacial score (nSPS) is 15.2. The van der Waals surface area contributed by atoms with E-state index in [1.807, 2.05) is 0 Å². The number of para-hydroxylation sites is 1. The first-order valence-electron chi connectivity index (χ1n) is 34.4. The molecular weight excluding hydrogens is 1440 g/mol. The molecule has 0 spiro atoms. The summed E-state index contributed by atoms with van der Waals surface area (Å²) in [5.74, 6) is -23.6. The number of fused-ring (bicyclic) bond motifs is 1. The van der Waals surface area contributed by atoms with Crippen LogP contribution in [0.2, 0.25) is 0 Å². The molecule has 3 aromatic carbocycles. The molecule has 0 radical (unpaired) electrons. The Morgan fingerprint density at radius 3 is 1.43 bits per heavy atom. The number of benzene rings is 3. The lowest BCUT2D eigenvalue weighted by molar-refractivity contribution is -0.144. The summed E-state index contributed by atoms with van der Waals surface area (Å²) in [5.41, 5.74) is 7.27. The minimum absolute atomic E-state index is 0.0764. The van der Waals surface area contributed by atoms with Gasteiger partial charge in [0, 0.05) is 68.6 Å². The number of aromatic amines is 1. The molecule has 11 atom stereocenters. The number of likely N-dealkylation sites (tertiary alicyclic amines) is 1. The van der Waals surface area contributed by atoms with Crippen LogP contribution in [0.15, 0.2) is 85.1 Å². The Balaban J connectivity index is 1.40. The molecule has 21 N–H and O–H groups in total. The molecule has 39 heteroatoms. The number of nitrogens with zero attached hydrogens (tertiary/aromatic N) is 1. The number of nitrogens with one attached hydrogen (secondary N) is 11. The van der Waals surface area contributed by atoms with E-state index < -0.39 is 257 Å². The average molecular weight is 1530 g/mol. The van der Waals surface area contributed by atoms with Crippen molar-refractivity contribution in [3.05, 3.63) is 102 Å². The Bertz CT molecular complexity index is 3980. The van der Waals surface area contributed by atoms with Crippen LogP contribution in [0, 0.1) is 5.92 Å². The van der Waals surface area contributed by atoms with Gasteiger partial charge < -0.3 is 110 Å². The van der Waals surface area contributed by atoms with Crippen molar-refractivity contribution >= 4 is 118 Å². The van der Waals surface area contributed by atoms with E-state index in [2.05, 4.69) is 58.2 Å². The SMILES string of the molecule is CC(C)C[C@H](NC(=O)[C@H](Cc1c[nH]c2ccccc12)NC(=O)[C@H](CCC(=O)O)NC(=O)[C@H](Cc1ccccc1)NC(=O)[C@H](Cc1ccc(O)cc1)NC(=O)[C@H](CC(=O)O)NC(=O)CNC(=O)[C@H](CCC(=O)O)NC(=O)[C@@H]1CCCN1C(=O)[C@H](CCC(=O)O)NC(=O)[C@@H](N)CC(=O)O)C(=O)N[C@@H](CCC(=O)O)C(=O)O.